The van der Waals surface area contributed by atoms with E-state index < -0.39 is 6.04 Å². The van der Waals surface area contributed by atoms with Crippen LogP contribution in [-0.2, 0) is 4.79 Å². The minimum absolute atomic E-state index is 0.317. The van der Waals surface area contributed by atoms with Gasteiger partial charge in [0.1, 0.15) is 0 Å². The molecule has 70 valence electrons. The van der Waals surface area contributed by atoms with Crippen LogP contribution in [0.1, 0.15) is 19.3 Å². The maximum atomic E-state index is 10.8. The smallest absolute Gasteiger partial charge is 0.234 e. The molecule has 1 saturated heterocycles. The first-order valence-corrected chi connectivity index (χ1v) is 5.50. The van der Waals surface area contributed by atoms with Crippen LogP contribution in [0, 0.1) is 5.92 Å². The zero-order valence-corrected chi connectivity index (χ0v) is 7.98. The number of carbonyl (C=O) groups is 1. The van der Waals surface area contributed by atoms with Crippen LogP contribution in [0.2, 0.25) is 0 Å². The molecule has 4 N–H and O–H groups in total. The summed E-state index contributed by atoms with van der Waals surface area (Å²) in [5.74, 6) is 2.28. The summed E-state index contributed by atoms with van der Waals surface area (Å²) in [6.07, 6.45) is 3.25. The highest BCUT2D eigenvalue weighted by Crippen LogP contribution is 2.23. The number of hydrogen-bond acceptors (Lipinski definition) is 3. The summed E-state index contributed by atoms with van der Waals surface area (Å²) in [5, 5.41) is 0. The predicted octanol–water partition coefficient (Wildman–Crippen LogP) is 0.332. The van der Waals surface area contributed by atoms with Crippen LogP contribution in [0.4, 0.5) is 0 Å². The van der Waals surface area contributed by atoms with E-state index in [1.165, 1.54) is 5.75 Å². The Hall–Kier alpha value is -0.220. The molecule has 1 heterocycles. The van der Waals surface area contributed by atoms with Gasteiger partial charge in [0.15, 0.2) is 0 Å². The fourth-order valence-electron chi connectivity index (χ4n) is 1.52. The van der Waals surface area contributed by atoms with E-state index in [0.717, 1.165) is 25.0 Å². The van der Waals surface area contributed by atoms with E-state index in [1.54, 1.807) is 0 Å². The molecule has 4 heteroatoms. The quantitative estimate of drug-likeness (QED) is 0.656. The molecular weight excluding hydrogens is 172 g/mol. The molecule has 0 spiro atoms. The molecule has 0 radical (unpaired) electrons. The Morgan fingerprint density at radius 2 is 2.17 bits per heavy atom. The molecule has 1 rings (SSSR count). The van der Waals surface area contributed by atoms with Crippen molar-refractivity contribution in [1.29, 1.82) is 0 Å². The lowest BCUT2D eigenvalue weighted by atomic mass is 9.92. The van der Waals surface area contributed by atoms with E-state index in [1.807, 2.05) is 11.8 Å². The van der Waals surface area contributed by atoms with Gasteiger partial charge >= 0.3 is 0 Å². The van der Waals surface area contributed by atoms with Crippen molar-refractivity contribution in [2.24, 2.45) is 17.4 Å². The van der Waals surface area contributed by atoms with Gasteiger partial charge in [-0.05, 0) is 36.7 Å². The zero-order chi connectivity index (χ0) is 8.97. The molecule has 0 aromatic carbocycles. The summed E-state index contributed by atoms with van der Waals surface area (Å²) < 4.78 is 0. The summed E-state index contributed by atoms with van der Waals surface area (Å²) in [6.45, 7) is 0. The van der Waals surface area contributed by atoms with Crippen molar-refractivity contribution in [3.63, 3.8) is 0 Å². The molecule has 1 fully saturated rings. The molecule has 2 unspecified atom stereocenters. The predicted molar refractivity (Wildman–Crippen MR) is 51.8 cm³/mol. The Kier molecular flexibility index (Phi) is 3.88. The van der Waals surface area contributed by atoms with Gasteiger partial charge in [0.05, 0.1) is 6.04 Å². The minimum atomic E-state index is -0.427. The number of hydrogen-bond donors (Lipinski definition) is 2. The molecule has 1 aliphatic heterocycles. The first kappa shape index (κ1) is 9.86. The summed E-state index contributed by atoms with van der Waals surface area (Å²) in [6, 6.07) is -0.427. The second kappa shape index (κ2) is 4.72. The highest BCUT2D eigenvalue weighted by atomic mass is 32.2. The molecule has 1 amide bonds. The molecule has 2 atom stereocenters. The first-order valence-electron chi connectivity index (χ1n) is 4.34. The van der Waals surface area contributed by atoms with Crippen LogP contribution in [0.15, 0.2) is 0 Å². The number of primary amides is 1. The lowest BCUT2D eigenvalue weighted by molar-refractivity contribution is -0.120. The van der Waals surface area contributed by atoms with Crippen LogP contribution in [0.25, 0.3) is 0 Å². The molecule has 1 aliphatic rings. The second-order valence-electron chi connectivity index (χ2n) is 3.23. The molecule has 0 bridgehead atoms. The largest absolute Gasteiger partial charge is 0.368 e. The average molecular weight is 188 g/mol. The van der Waals surface area contributed by atoms with Gasteiger partial charge in [0.2, 0.25) is 5.91 Å². The van der Waals surface area contributed by atoms with E-state index >= 15 is 0 Å². The standard InChI is InChI=1S/C8H16N2OS/c9-7(8(10)11)6-2-1-4-12-5-3-6/h6-7H,1-5,9H2,(H2,10,11). The van der Waals surface area contributed by atoms with Crippen molar-refractivity contribution in [1.82, 2.24) is 0 Å². The number of carbonyl (C=O) groups excluding carboxylic acids is 1. The van der Waals surface area contributed by atoms with E-state index in [9.17, 15) is 4.79 Å². The minimum Gasteiger partial charge on any atom is -0.368 e. The van der Waals surface area contributed by atoms with Crippen LogP contribution in [0.3, 0.4) is 0 Å². The summed E-state index contributed by atoms with van der Waals surface area (Å²) in [4.78, 5) is 10.8. The molecule has 0 aliphatic carbocycles. The van der Waals surface area contributed by atoms with Gasteiger partial charge in [0.25, 0.3) is 0 Å². The van der Waals surface area contributed by atoms with E-state index in [-0.39, 0.29) is 5.91 Å². The molecule has 0 saturated carbocycles. The second-order valence-corrected chi connectivity index (χ2v) is 4.46. The van der Waals surface area contributed by atoms with Crippen molar-refractivity contribution in [3.8, 4) is 0 Å². The SMILES string of the molecule is NC(=O)C(N)C1CCCSCC1. The van der Waals surface area contributed by atoms with Crippen molar-refractivity contribution in [2.75, 3.05) is 11.5 Å². The Balaban J connectivity index is 2.42. The van der Waals surface area contributed by atoms with Gasteiger partial charge in [-0.25, -0.2) is 0 Å². The van der Waals surface area contributed by atoms with Gasteiger partial charge in [-0.1, -0.05) is 0 Å². The fourth-order valence-corrected chi connectivity index (χ4v) is 2.56. The monoisotopic (exact) mass is 188 g/mol. The van der Waals surface area contributed by atoms with Gasteiger partial charge < -0.3 is 11.5 Å². The first-order chi connectivity index (χ1) is 5.72. The summed E-state index contributed by atoms with van der Waals surface area (Å²) in [7, 11) is 0. The third-order valence-corrected chi connectivity index (χ3v) is 3.43. The van der Waals surface area contributed by atoms with Gasteiger partial charge in [0, 0.05) is 0 Å². The zero-order valence-electron chi connectivity index (χ0n) is 7.16. The number of rotatable bonds is 2. The van der Waals surface area contributed by atoms with Crippen LogP contribution >= 0.6 is 11.8 Å². The Morgan fingerprint density at radius 1 is 1.42 bits per heavy atom. The van der Waals surface area contributed by atoms with Crippen LogP contribution in [0.5, 0.6) is 0 Å². The van der Waals surface area contributed by atoms with Crippen molar-refractivity contribution >= 4 is 17.7 Å². The van der Waals surface area contributed by atoms with Crippen LogP contribution < -0.4 is 11.5 Å². The third kappa shape index (κ3) is 2.68. The molecule has 0 aromatic heterocycles. The summed E-state index contributed by atoms with van der Waals surface area (Å²) >= 11 is 1.94. The topological polar surface area (TPSA) is 69.1 Å². The highest BCUT2D eigenvalue weighted by molar-refractivity contribution is 7.99. The van der Waals surface area contributed by atoms with Gasteiger partial charge in [-0.2, -0.15) is 11.8 Å². The fraction of sp³-hybridized carbons (Fsp3) is 0.875. The Bertz CT molecular complexity index is 155. The van der Waals surface area contributed by atoms with Crippen molar-refractivity contribution in [2.45, 2.75) is 25.3 Å². The average Bonchev–Trinajstić information content (AvgIpc) is 2.30. The maximum Gasteiger partial charge on any atom is 0.234 e. The highest BCUT2D eigenvalue weighted by Gasteiger charge is 2.23. The van der Waals surface area contributed by atoms with E-state index in [0.29, 0.717) is 5.92 Å². The molecular formula is C8H16N2OS. The Morgan fingerprint density at radius 3 is 2.83 bits per heavy atom. The van der Waals surface area contributed by atoms with Gasteiger partial charge in [-0.3, -0.25) is 4.79 Å². The molecule has 12 heavy (non-hydrogen) atoms. The maximum absolute atomic E-state index is 10.8. The van der Waals surface area contributed by atoms with Gasteiger partial charge in [-0.15, -0.1) is 0 Å². The molecule has 0 aromatic rings. The van der Waals surface area contributed by atoms with E-state index in [2.05, 4.69) is 0 Å². The van der Waals surface area contributed by atoms with Crippen molar-refractivity contribution in [3.05, 3.63) is 0 Å². The third-order valence-electron chi connectivity index (χ3n) is 2.33. The van der Waals surface area contributed by atoms with E-state index in [4.69, 9.17) is 11.5 Å². The lowest BCUT2D eigenvalue weighted by Crippen LogP contribution is -2.42. The number of thioether (sulfide) groups is 1. The molecule has 3 nitrogen and oxygen atoms in total. The Labute approximate surface area is 77.3 Å². The van der Waals surface area contributed by atoms with Crippen molar-refractivity contribution < 1.29 is 4.79 Å². The normalized spacial score (nSPS) is 27.6. The number of amides is 1. The lowest BCUT2D eigenvalue weighted by Gasteiger charge is -2.18. The van der Waals surface area contributed by atoms with Crippen LogP contribution in [-0.4, -0.2) is 23.5 Å². The summed E-state index contributed by atoms with van der Waals surface area (Å²) in [5.41, 5.74) is 10.8. The number of nitrogens with two attached hydrogens (primary N) is 2.